The lowest BCUT2D eigenvalue weighted by Gasteiger charge is -2.26. The van der Waals surface area contributed by atoms with Crippen LogP contribution in [-0.4, -0.2) is 45.5 Å². The van der Waals surface area contributed by atoms with Crippen molar-refractivity contribution in [2.45, 2.75) is 42.3 Å². The van der Waals surface area contributed by atoms with Crippen molar-refractivity contribution in [3.63, 3.8) is 0 Å². The zero-order valence-electron chi connectivity index (χ0n) is 13.8. The van der Waals surface area contributed by atoms with Crippen LogP contribution in [0.25, 0.3) is 0 Å². The molecule has 128 valence electrons. The summed E-state index contributed by atoms with van der Waals surface area (Å²) >= 11 is 1.61. The fourth-order valence-electron chi connectivity index (χ4n) is 3.64. The van der Waals surface area contributed by atoms with Crippen molar-refractivity contribution in [3.8, 4) is 0 Å². The predicted molar refractivity (Wildman–Crippen MR) is 91.9 cm³/mol. The molecule has 2 unspecified atom stereocenters. The molecule has 0 spiro atoms. The summed E-state index contributed by atoms with van der Waals surface area (Å²) in [5.41, 5.74) is 0. The maximum absolute atomic E-state index is 12.9. The number of amides is 1. The molecule has 1 N–H and O–H groups in total. The molecule has 0 aliphatic carbocycles. The van der Waals surface area contributed by atoms with Gasteiger partial charge in [-0.15, -0.1) is 0 Å². The average Bonchev–Trinajstić information content (AvgIpc) is 3.24. The molecule has 0 radical (unpaired) electrons. The Bertz CT molecular complexity index is 712. The van der Waals surface area contributed by atoms with E-state index in [4.69, 9.17) is 4.42 Å². The molecule has 1 amide bonds. The number of nitrogens with one attached hydrogen (secondary N) is 1. The van der Waals surface area contributed by atoms with Crippen LogP contribution in [0.1, 0.15) is 35.6 Å². The number of rotatable bonds is 4. The molecule has 6 nitrogen and oxygen atoms in total. The molecule has 2 aliphatic rings. The summed E-state index contributed by atoms with van der Waals surface area (Å²) in [6.07, 6.45) is 6.93. The Balaban J connectivity index is 1.44. The SMILES string of the molecule is Cn1ccnc1SCc1ccc(C(=O)N2C3CCNCC2CC3)o1. The molecule has 2 atom stereocenters. The van der Waals surface area contributed by atoms with Crippen LogP contribution < -0.4 is 5.32 Å². The second-order valence-corrected chi connectivity index (χ2v) is 7.41. The number of carbonyl (C=O) groups excluding carboxylic acids is 1. The number of hydrogen-bond donors (Lipinski definition) is 1. The standard InChI is InChI=1S/C17H22N4O2S/c1-20-9-8-19-17(20)24-11-14-4-5-15(23-14)16(22)21-12-2-3-13(21)10-18-7-6-12/h4-5,8-9,12-13,18H,2-3,6-7,10-11H2,1H3. The van der Waals surface area contributed by atoms with Crippen LogP contribution in [0.3, 0.4) is 0 Å². The van der Waals surface area contributed by atoms with Crippen LogP contribution in [0.15, 0.2) is 34.1 Å². The normalized spacial score (nSPS) is 23.5. The first-order chi connectivity index (χ1) is 11.7. The van der Waals surface area contributed by atoms with Gasteiger partial charge in [0, 0.05) is 38.1 Å². The Morgan fingerprint density at radius 1 is 1.38 bits per heavy atom. The molecule has 2 bridgehead atoms. The first-order valence-electron chi connectivity index (χ1n) is 8.44. The van der Waals surface area contributed by atoms with E-state index in [0.29, 0.717) is 23.6 Å². The van der Waals surface area contributed by atoms with Gasteiger partial charge in [0.2, 0.25) is 0 Å². The highest BCUT2D eigenvalue weighted by molar-refractivity contribution is 7.98. The fourth-order valence-corrected chi connectivity index (χ4v) is 4.46. The lowest BCUT2D eigenvalue weighted by atomic mass is 10.1. The smallest absolute Gasteiger partial charge is 0.290 e. The van der Waals surface area contributed by atoms with E-state index in [1.54, 1.807) is 18.0 Å². The minimum absolute atomic E-state index is 0.0411. The molecule has 0 saturated carbocycles. The summed E-state index contributed by atoms with van der Waals surface area (Å²) in [4.78, 5) is 19.2. The molecule has 4 rings (SSSR count). The highest BCUT2D eigenvalue weighted by Crippen LogP contribution is 2.30. The molecule has 2 aromatic rings. The molecular weight excluding hydrogens is 324 g/mol. The van der Waals surface area contributed by atoms with Gasteiger partial charge in [-0.05, 0) is 37.9 Å². The van der Waals surface area contributed by atoms with Crippen molar-refractivity contribution in [1.82, 2.24) is 19.8 Å². The van der Waals surface area contributed by atoms with Gasteiger partial charge < -0.3 is 19.2 Å². The zero-order chi connectivity index (χ0) is 16.5. The second kappa shape index (κ2) is 6.64. The van der Waals surface area contributed by atoms with Crippen LogP contribution in [-0.2, 0) is 12.8 Å². The number of thioether (sulfide) groups is 1. The summed E-state index contributed by atoms with van der Waals surface area (Å²) in [5, 5.41) is 4.36. The van der Waals surface area contributed by atoms with Gasteiger partial charge in [0.15, 0.2) is 10.9 Å². The first kappa shape index (κ1) is 15.8. The summed E-state index contributed by atoms with van der Waals surface area (Å²) in [5.74, 6) is 1.99. The number of furan rings is 1. The largest absolute Gasteiger partial charge is 0.455 e. The molecule has 2 aliphatic heterocycles. The second-order valence-electron chi connectivity index (χ2n) is 6.47. The lowest BCUT2D eigenvalue weighted by molar-refractivity contribution is 0.0646. The van der Waals surface area contributed by atoms with E-state index in [-0.39, 0.29) is 5.91 Å². The summed E-state index contributed by atoms with van der Waals surface area (Å²) in [6.45, 7) is 1.89. The van der Waals surface area contributed by atoms with Crippen molar-refractivity contribution in [2.24, 2.45) is 7.05 Å². The van der Waals surface area contributed by atoms with Crippen molar-refractivity contribution >= 4 is 17.7 Å². The van der Waals surface area contributed by atoms with E-state index in [1.807, 2.05) is 29.9 Å². The fraction of sp³-hybridized carbons (Fsp3) is 0.529. The van der Waals surface area contributed by atoms with Gasteiger partial charge in [0.1, 0.15) is 5.76 Å². The minimum atomic E-state index is 0.0411. The van der Waals surface area contributed by atoms with Crippen molar-refractivity contribution in [1.29, 1.82) is 0 Å². The van der Waals surface area contributed by atoms with Crippen LogP contribution >= 0.6 is 11.8 Å². The molecule has 7 heteroatoms. The van der Waals surface area contributed by atoms with E-state index in [9.17, 15) is 4.79 Å². The molecule has 4 heterocycles. The quantitative estimate of drug-likeness (QED) is 0.861. The van der Waals surface area contributed by atoms with Crippen molar-refractivity contribution in [3.05, 3.63) is 36.0 Å². The minimum Gasteiger partial charge on any atom is -0.455 e. The van der Waals surface area contributed by atoms with Gasteiger partial charge in [-0.2, -0.15) is 0 Å². The third-order valence-corrected chi connectivity index (χ3v) is 5.96. The number of nitrogens with zero attached hydrogens (tertiary/aromatic N) is 3. The Kier molecular flexibility index (Phi) is 4.37. The Morgan fingerprint density at radius 3 is 3.08 bits per heavy atom. The Hall–Kier alpha value is -1.73. The van der Waals surface area contributed by atoms with E-state index in [0.717, 1.165) is 43.3 Å². The van der Waals surface area contributed by atoms with Gasteiger partial charge in [-0.25, -0.2) is 4.98 Å². The number of hydrogen-bond acceptors (Lipinski definition) is 5. The van der Waals surface area contributed by atoms with Gasteiger partial charge in [-0.3, -0.25) is 4.79 Å². The maximum atomic E-state index is 12.9. The molecule has 2 fully saturated rings. The average molecular weight is 346 g/mol. The monoisotopic (exact) mass is 346 g/mol. The van der Waals surface area contributed by atoms with Crippen LogP contribution in [0.5, 0.6) is 0 Å². The zero-order valence-corrected chi connectivity index (χ0v) is 14.6. The number of carbonyl (C=O) groups is 1. The molecule has 2 saturated heterocycles. The number of fused-ring (bicyclic) bond motifs is 2. The van der Waals surface area contributed by atoms with Gasteiger partial charge >= 0.3 is 0 Å². The number of imidazole rings is 1. The number of aromatic nitrogens is 2. The van der Waals surface area contributed by atoms with Gasteiger partial charge in [-0.1, -0.05) is 11.8 Å². The Labute approximate surface area is 145 Å². The highest BCUT2D eigenvalue weighted by atomic mass is 32.2. The Morgan fingerprint density at radius 2 is 2.25 bits per heavy atom. The van der Waals surface area contributed by atoms with Crippen molar-refractivity contribution < 1.29 is 9.21 Å². The topological polar surface area (TPSA) is 63.3 Å². The van der Waals surface area contributed by atoms with Gasteiger partial charge in [0.05, 0.1) is 5.75 Å². The molecular formula is C17H22N4O2S. The predicted octanol–water partition coefficient (Wildman–Crippen LogP) is 2.27. The molecule has 0 aromatic carbocycles. The highest BCUT2D eigenvalue weighted by Gasteiger charge is 2.39. The molecule has 24 heavy (non-hydrogen) atoms. The molecule has 2 aromatic heterocycles. The van der Waals surface area contributed by atoms with Crippen LogP contribution in [0, 0.1) is 0 Å². The van der Waals surface area contributed by atoms with Crippen molar-refractivity contribution in [2.75, 3.05) is 13.1 Å². The lowest BCUT2D eigenvalue weighted by Crippen LogP contribution is -2.42. The summed E-state index contributed by atoms with van der Waals surface area (Å²) in [7, 11) is 1.97. The van der Waals surface area contributed by atoms with E-state index in [2.05, 4.69) is 15.2 Å². The third kappa shape index (κ3) is 2.98. The van der Waals surface area contributed by atoms with Gasteiger partial charge in [0.25, 0.3) is 5.91 Å². The van der Waals surface area contributed by atoms with E-state index >= 15 is 0 Å². The number of aryl methyl sites for hydroxylation is 1. The maximum Gasteiger partial charge on any atom is 0.290 e. The summed E-state index contributed by atoms with van der Waals surface area (Å²) < 4.78 is 7.81. The van der Waals surface area contributed by atoms with Crippen LogP contribution in [0.2, 0.25) is 0 Å². The summed E-state index contributed by atoms with van der Waals surface area (Å²) in [6, 6.07) is 4.38. The first-order valence-corrected chi connectivity index (χ1v) is 9.43. The van der Waals surface area contributed by atoms with Crippen LogP contribution in [0.4, 0.5) is 0 Å². The van der Waals surface area contributed by atoms with E-state index in [1.165, 1.54) is 0 Å². The van der Waals surface area contributed by atoms with E-state index < -0.39 is 0 Å². The third-order valence-electron chi connectivity index (χ3n) is 4.88.